The molecule has 0 bridgehead atoms. The highest BCUT2D eigenvalue weighted by Gasteiger charge is 2.69. The molecule has 2 fully saturated rings. The molecule has 1 aromatic carbocycles. The van der Waals surface area contributed by atoms with Crippen LogP contribution in [-0.4, -0.2) is 87.9 Å². The molecule has 1 amide bonds. The van der Waals surface area contributed by atoms with Crippen LogP contribution < -0.4 is 5.73 Å². The molecule has 1 aromatic rings. The molecule has 0 radical (unpaired) electrons. The van der Waals surface area contributed by atoms with Crippen LogP contribution in [0.3, 0.4) is 0 Å². The maximum atomic E-state index is 13.9. The normalized spacial score (nSPS) is 30.2. The van der Waals surface area contributed by atoms with E-state index >= 15 is 0 Å². The van der Waals surface area contributed by atoms with Gasteiger partial charge >= 0.3 is 0 Å². The highest BCUT2D eigenvalue weighted by molar-refractivity contribution is 6.32. The van der Waals surface area contributed by atoms with Crippen LogP contribution in [0.2, 0.25) is 0 Å². The molecule has 218 valence electrons. The van der Waals surface area contributed by atoms with Crippen LogP contribution in [-0.2, 0) is 32.1 Å². The van der Waals surface area contributed by atoms with Gasteiger partial charge in [0.1, 0.15) is 5.75 Å². The molecular weight excluding hydrogens is 514 g/mol. The zero-order chi connectivity index (χ0) is 29.8. The lowest BCUT2D eigenvalue weighted by Crippen LogP contribution is -2.74. The lowest BCUT2D eigenvalue weighted by Gasteiger charge is -2.52. The Bertz CT molecular complexity index is 1250. The van der Waals surface area contributed by atoms with E-state index in [-0.39, 0.29) is 24.2 Å². The maximum Gasteiger partial charge on any atom is 0.235 e. The molecular formula is C30H41N3O7. The van der Waals surface area contributed by atoms with E-state index in [1.807, 2.05) is 6.07 Å². The number of fused-ring (bicyclic) bond motifs is 3. The van der Waals surface area contributed by atoms with Crippen molar-refractivity contribution < 1.29 is 34.2 Å². The number of rotatable bonds is 8. The van der Waals surface area contributed by atoms with Crippen LogP contribution in [0.5, 0.6) is 5.75 Å². The Labute approximate surface area is 234 Å². The molecule has 10 heteroatoms. The maximum absolute atomic E-state index is 13.9. The first kappa shape index (κ1) is 30.0. The van der Waals surface area contributed by atoms with Crippen LogP contribution in [0, 0.1) is 35.5 Å². The zero-order valence-electron chi connectivity index (χ0n) is 24.1. The van der Waals surface area contributed by atoms with E-state index in [1.54, 1.807) is 14.1 Å². The lowest BCUT2D eigenvalue weighted by atomic mass is 9.52. The number of ketones is 4. The van der Waals surface area contributed by atoms with Gasteiger partial charge in [0.05, 0.1) is 17.5 Å². The number of hydrogen-bond acceptors (Lipinski definition) is 9. The molecule has 0 heterocycles. The number of primary amides is 1. The first-order valence-electron chi connectivity index (χ1n) is 14.0. The van der Waals surface area contributed by atoms with Crippen LogP contribution in [0.25, 0.3) is 0 Å². The van der Waals surface area contributed by atoms with Gasteiger partial charge in [0.2, 0.25) is 5.91 Å². The van der Waals surface area contributed by atoms with Crippen molar-refractivity contribution in [1.29, 1.82) is 0 Å². The van der Waals surface area contributed by atoms with Gasteiger partial charge in [-0.1, -0.05) is 33.8 Å². The van der Waals surface area contributed by atoms with E-state index in [0.717, 1.165) is 18.7 Å². The highest BCUT2D eigenvalue weighted by atomic mass is 16.3. The molecule has 0 saturated heterocycles. The molecule has 2 unspecified atom stereocenters. The average molecular weight is 556 g/mol. The summed E-state index contributed by atoms with van der Waals surface area (Å²) in [5.74, 6) is -9.43. The summed E-state index contributed by atoms with van der Waals surface area (Å²) in [6.07, 6.45) is 0.313. The fourth-order valence-electron chi connectivity index (χ4n) is 7.29. The first-order chi connectivity index (χ1) is 18.6. The fourth-order valence-corrected chi connectivity index (χ4v) is 7.29. The largest absolute Gasteiger partial charge is 0.507 e. The minimum atomic E-state index is -2.71. The number of carbonyl (C=O) groups excluding carboxylic acids is 5. The smallest absolute Gasteiger partial charge is 0.235 e. The zero-order valence-corrected chi connectivity index (χ0v) is 24.1. The summed E-state index contributed by atoms with van der Waals surface area (Å²) in [7, 11) is 3.14. The Kier molecular flexibility index (Phi) is 8.10. The third-order valence-corrected chi connectivity index (χ3v) is 8.68. The van der Waals surface area contributed by atoms with E-state index in [0.29, 0.717) is 23.9 Å². The molecule has 40 heavy (non-hydrogen) atoms. The van der Waals surface area contributed by atoms with Gasteiger partial charge in [-0.05, 0) is 61.9 Å². The van der Waals surface area contributed by atoms with Crippen molar-refractivity contribution >= 4 is 29.0 Å². The molecule has 2 saturated carbocycles. The molecule has 3 aliphatic carbocycles. The van der Waals surface area contributed by atoms with E-state index in [9.17, 15) is 34.2 Å². The molecule has 0 aliphatic heterocycles. The fraction of sp³-hybridized carbons (Fsp3) is 0.633. The van der Waals surface area contributed by atoms with Gasteiger partial charge in [-0.2, -0.15) is 0 Å². The average Bonchev–Trinajstić information content (AvgIpc) is 2.81. The number of aromatic hydroxyl groups is 1. The van der Waals surface area contributed by atoms with Crippen LogP contribution >= 0.6 is 0 Å². The number of Topliss-reactive ketones (excluding diaryl/α,β-unsaturated/α-hetero) is 4. The van der Waals surface area contributed by atoms with Gasteiger partial charge in [-0.15, -0.1) is 0 Å². The van der Waals surface area contributed by atoms with Crippen molar-refractivity contribution in [3.63, 3.8) is 0 Å². The molecule has 6 atom stereocenters. The number of nitrogens with two attached hydrogens (primary N) is 1. The number of carbonyl (C=O) groups is 5. The van der Waals surface area contributed by atoms with Crippen molar-refractivity contribution in [3.8, 4) is 5.75 Å². The summed E-state index contributed by atoms with van der Waals surface area (Å²) < 4.78 is 0. The Morgan fingerprint density at radius 2 is 1.65 bits per heavy atom. The van der Waals surface area contributed by atoms with Crippen molar-refractivity contribution in [2.75, 3.05) is 27.2 Å². The Morgan fingerprint density at radius 1 is 1.05 bits per heavy atom. The molecule has 4 N–H and O–H groups in total. The Hall–Kier alpha value is -2.95. The standard InChI is InChI=1S/C30H41N3O7/c1-14(2)11-33(12-15(3)4)13-16-7-8-20(34)22-18(16)9-17-10-19-24(32(5)6)26(36)23(29(31)39)28(38)30(19,40)27(37)21(17)25(22)35/h7-8,14-15,17,19,21,23-24,34,40H,9-13H2,1-6H3,(H2,31,39)/t17-,19-,21?,23?,24-,30-/m1/s1. The summed E-state index contributed by atoms with van der Waals surface area (Å²) in [5.41, 5.74) is 4.23. The van der Waals surface area contributed by atoms with Crippen LogP contribution in [0.4, 0.5) is 0 Å². The predicted molar refractivity (Wildman–Crippen MR) is 146 cm³/mol. The number of phenols is 1. The van der Waals surface area contributed by atoms with Gasteiger partial charge in [0.25, 0.3) is 0 Å². The van der Waals surface area contributed by atoms with Gasteiger partial charge in [0.15, 0.2) is 34.7 Å². The monoisotopic (exact) mass is 555 g/mol. The second-order valence-corrected chi connectivity index (χ2v) is 12.9. The van der Waals surface area contributed by atoms with Crippen molar-refractivity contribution in [1.82, 2.24) is 9.80 Å². The predicted octanol–water partition coefficient (Wildman–Crippen LogP) is 0.981. The minimum absolute atomic E-state index is 0.0399. The third-order valence-electron chi connectivity index (χ3n) is 8.68. The SMILES string of the molecule is CC(C)CN(Cc1ccc(O)c2c1C[C@@H]1C[C@@H]3[C@@H](N(C)C)C(=O)C(C(N)=O)C(=O)[C@]3(O)C(=O)C1C2=O)CC(C)C. The molecule has 4 rings (SSSR count). The van der Waals surface area contributed by atoms with Gasteiger partial charge in [0, 0.05) is 25.6 Å². The summed E-state index contributed by atoms with van der Waals surface area (Å²) in [6, 6.07) is 2.15. The lowest BCUT2D eigenvalue weighted by molar-refractivity contribution is -0.181. The number of benzene rings is 1. The van der Waals surface area contributed by atoms with Crippen molar-refractivity contribution in [2.45, 2.75) is 58.7 Å². The number of amides is 1. The Morgan fingerprint density at radius 3 is 2.17 bits per heavy atom. The quantitative estimate of drug-likeness (QED) is 0.398. The van der Waals surface area contributed by atoms with Gasteiger partial charge in [-0.25, -0.2) is 0 Å². The topological polar surface area (TPSA) is 158 Å². The van der Waals surface area contributed by atoms with Gasteiger partial charge in [-0.3, -0.25) is 33.8 Å². The Balaban J connectivity index is 1.79. The van der Waals surface area contributed by atoms with Crippen molar-refractivity contribution in [2.24, 2.45) is 41.2 Å². The van der Waals surface area contributed by atoms with E-state index in [2.05, 4.69) is 32.6 Å². The van der Waals surface area contributed by atoms with Crippen LogP contribution in [0.15, 0.2) is 12.1 Å². The third kappa shape index (κ3) is 4.80. The summed E-state index contributed by atoms with van der Waals surface area (Å²) in [4.78, 5) is 70.4. The molecule has 3 aliphatic rings. The molecule has 0 spiro atoms. The number of hydrogen-bond donors (Lipinski definition) is 3. The molecule has 0 aromatic heterocycles. The summed E-state index contributed by atoms with van der Waals surface area (Å²) in [6.45, 7) is 10.8. The van der Waals surface area contributed by atoms with E-state index < -0.39 is 64.4 Å². The highest BCUT2D eigenvalue weighted by Crippen LogP contribution is 2.51. The second kappa shape index (κ2) is 10.8. The number of nitrogens with zero attached hydrogens (tertiary/aromatic N) is 2. The second-order valence-electron chi connectivity index (χ2n) is 12.9. The summed E-state index contributed by atoms with van der Waals surface area (Å²) in [5, 5.41) is 22.5. The number of phenolic OH excluding ortho intramolecular Hbond substituents is 1. The first-order valence-corrected chi connectivity index (χ1v) is 14.0. The number of likely N-dealkylation sites (N-methyl/N-ethyl adjacent to an activating group) is 1. The van der Waals surface area contributed by atoms with Crippen LogP contribution in [0.1, 0.15) is 55.6 Å². The van der Waals surface area contributed by atoms with Gasteiger partial charge < -0.3 is 15.9 Å². The van der Waals surface area contributed by atoms with Crippen molar-refractivity contribution in [3.05, 3.63) is 28.8 Å². The minimum Gasteiger partial charge on any atom is -0.507 e. The van der Waals surface area contributed by atoms with E-state index in [4.69, 9.17) is 5.73 Å². The number of aliphatic hydroxyl groups is 1. The molecule has 10 nitrogen and oxygen atoms in total. The van der Waals surface area contributed by atoms with E-state index in [1.165, 1.54) is 11.0 Å². The summed E-state index contributed by atoms with van der Waals surface area (Å²) >= 11 is 0.